The third kappa shape index (κ3) is 2.32. The van der Waals surface area contributed by atoms with Gasteiger partial charge in [0.05, 0.1) is 12.7 Å². The number of nitrogens with zero attached hydrogens (tertiary/aromatic N) is 3. The Kier molecular flexibility index (Phi) is 3.27. The van der Waals surface area contributed by atoms with E-state index in [0.29, 0.717) is 23.1 Å². The molecule has 0 radical (unpaired) electrons. The second-order valence-corrected chi connectivity index (χ2v) is 4.82. The maximum atomic E-state index is 14.0. The maximum Gasteiger partial charge on any atom is 0.245 e. The molecule has 0 saturated carbocycles. The molecule has 1 atom stereocenters. The standard InChI is InChI=1S/C13H16FN5O/c1-20-9-2-3-10(11(14)6-9)12-16-13(18-17-12)19-5-4-8(15)7-19/h2-3,6,8H,4-5,7,15H2,1H3,(H,16,17,18). The van der Waals surface area contributed by atoms with E-state index in [-0.39, 0.29) is 6.04 Å². The van der Waals surface area contributed by atoms with Gasteiger partial charge in [0.15, 0.2) is 5.82 Å². The number of hydrogen-bond acceptors (Lipinski definition) is 5. The number of H-pyrrole nitrogens is 1. The van der Waals surface area contributed by atoms with Crippen LogP contribution in [0.25, 0.3) is 11.4 Å². The first-order valence-electron chi connectivity index (χ1n) is 6.44. The van der Waals surface area contributed by atoms with Crippen LogP contribution in [0.5, 0.6) is 5.75 Å². The molecule has 106 valence electrons. The lowest BCUT2D eigenvalue weighted by atomic mass is 10.2. The largest absolute Gasteiger partial charge is 0.497 e. The number of anilines is 1. The fourth-order valence-electron chi connectivity index (χ4n) is 2.30. The zero-order valence-corrected chi connectivity index (χ0v) is 11.1. The number of nitrogens with one attached hydrogen (secondary N) is 1. The molecule has 1 fully saturated rings. The van der Waals surface area contributed by atoms with Crippen LogP contribution >= 0.6 is 0 Å². The molecule has 7 heteroatoms. The Labute approximate surface area is 115 Å². The fraction of sp³-hybridized carbons (Fsp3) is 0.385. The molecule has 2 heterocycles. The lowest BCUT2D eigenvalue weighted by Gasteiger charge is -2.11. The van der Waals surface area contributed by atoms with Crippen LogP contribution in [0.15, 0.2) is 18.2 Å². The predicted octanol–water partition coefficient (Wildman–Crippen LogP) is 1.16. The Bertz CT molecular complexity index is 615. The van der Waals surface area contributed by atoms with Crippen LogP contribution in [0.4, 0.5) is 10.3 Å². The van der Waals surface area contributed by atoms with Gasteiger partial charge in [-0.05, 0) is 18.6 Å². The molecule has 0 aliphatic carbocycles. The van der Waals surface area contributed by atoms with Gasteiger partial charge < -0.3 is 15.4 Å². The van der Waals surface area contributed by atoms with Gasteiger partial charge in [0.25, 0.3) is 0 Å². The minimum Gasteiger partial charge on any atom is -0.497 e. The smallest absolute Gasteiger partial charge is 0.245 e. The average molecular weight is 277 g/mol. The number of ether oxygens (including phenoxy) is 1. The molecule has 1 unspecified atom stereocenters. The van der Waals surface area contributed by atoms with E-state index in [4.69, 9.17) is 10.5 Å². The van der Waals surface area contributed by atoms with Gasteiger partial charge in [-0.1, -0.05) is 0 Å². The van der Waals surface area contributed by atoms with E-state index in [1.807, 2.05) is 4.90 Å². The van der Waals surface area contributed by atoms with Crippen LogP contribution in [0.1, 0.15) is 6.42 Å². The number of nitrogens with two attached hydrogens (primary N) is 1. The number of halogens is 1. The van der Waals surface area contributed by atoms with Crippen molar-refractivity contribution in [1.29, 1.82) is 0 Å². The summed E-state index contributed by atoms with van der Waals surface area (Å²) in [5.74, 6) is 1.03. The monoisotopic (exact) mass is 277 g/mol. The quantitative estimate of drug-likeness (QED) is 0.880. The Morgan fingerprint density at radius 2 is 2.35 bits per heavy atom. The van der Waals surface area contributed by atoms with Gasteiger partial charge in [-0.15, -0.1) is 5.10 Å². The molecule has 20 heavy (non-hydrogen) atoms. The summed E-state index contributed by atoms with van der Waals surface area (Å²) in [7, 11) is 1.50. The summed E-state index contributed by atoms with van der Waals surface area (Å²) in [5, 5.41) is 6.90. The van der Waals surface area contributed by atoms with Crippen molar-refractivity contribution in [3.63, 3.8) is 0 Å². The Balaban J connectivity index is 1.86. The lowest BCUT2D eigenvalue weighted by Crippen LogP contribution is -2.26. The van der Waals surface area contributed by atoms with Crippen molar-refractivity contribution in [2.45, 2.75) is 12.5 Å². The van der Waals surface area contributed by atoms with Crippen LogP contribution < -0.4 is 15.4 Å². The van der Waals surface area contributed by atoms with Crippen molar-refractivity contribution >= 4 is 5.95 Å². The number of methoxy groups -OCH3 is 1. The number of aromatic nitrogens is 3. The number of benzene rings is 1. The highest BCUT2D eigenvalue weighted by atomic mass is 19.1. The molecule has 3 rings (SSSR count). The van der Waals surface area contributed by atoms with E-state index < -0.39 is 5.82 Å². The van der Waals surface area contributed by atoms with Gasteiger partial charge in [-0.3, -0.25) is 5.10 Å². The van der Waals surface area contributed by atoms with Crippen LogP contribution in [0.2, 0.25) is 0 Å². The number of hydrogen-bond donors (Lipinski definition) is 2. The Hall–Kier alpha value is -2.15. The molecule has 1 aliphatic rings. The summed E-state index contributed by atoms with van der Waals surface area (Å²) in [6.07, 6.45) is 0.917. The van der Waals surface area contributed by atoms with Gasteiger partial charge in [0, 0.05) is 25.2 Å². The van der Waals surface area contributed by atoms with E-state index in [1.54, 1.807) is 12.1 Å². The Morgan fingerprint density at radius 3 is 3.00 bits per heavy atom. The zero-order valence-electron chi connectivity index (χ0n) is 11.1. The molecular formula is C13H16FN5O. The summed E-state index contributed by atoms with van der Waals surface area (Å²) in [6, 6.07) is 4.78. The first-order valence-corrected chi connectivity index (χ1v) is 6.44. The van der Waals surface area contributed by atoms with Crippen molar-refractivity contribution in [2.75, 3.05) is 25.1 Å². The van der Waals surface area contributed by atoms with Crippen molar-refractivity contribution in [2.24, 2.45) is 5.73 Å². The first-order chi connectivity index (χ1) is 9.67. The third-order valence-corrected chi connectivity index (χ3v) is 3.41. The van der Waals surface area contributed by atoms with E-state index >= 15 is 0 Å². The van der Waals surface area contributed by atoms with Crippen LogP contribution in [-0.2, 0) is 0 Å². The van der Waals surface area contributed by atoms with Crippen LogP contribution in [0.3, 0.4) is 0 Å². The van der Waals surface area contributed by atoms with Gasteiger partial charge >= 0.3 is 0 Å². The Morgan fingerprint density at radius 1 is 1.50 bits per heavy atom. The normalized spacial score (nSPS) is 18.6. The SMILES string of the molecule is COc1ccc(-c2nc(N3CCC(N)C3)n[nH]2)c(F)c1. The average Bonchev–Trinajstić information content (AvgIpc) is 3.07. The molecule has 1 aromatic carbocycles. The third-order valence-electron chi connectivity index (χ3n) is 3.41. The highest BCUT2D eigenvalue weighted by Crippen LogP contribution is 2.25. The van der Waals surface area contributed by atoms with Gasteiger partial charge in [0.2, 0.25) is 5.95 Å². The van der Waals surface area contributed by atoms with Crippen LogP contribution in [0, 0.1) is 5.82 Å². The van der Waals surface area contributed by atoms with E-state index in [1.165, 1.54) is 13.2 Å². The molecule has 6 nitrogen and oxygen atoms in total. The summed E-state index contributed by atoms with van der Waals surface area (Å²) in [6.45, 7) is 1.55. The second kappa shape index (κ2) is 5.09. The molecule has 1 aliphatic heterocycles. The molecular weight excluding hydrogens is 261 g/mol. The maximum absolute atomic E-state index is 14.0. The molecule has 0 spiro atoms. The van der Waals surface area contributed by atoms with Gasteiger partial charge in [0.1, 0.15) is 11.6 Å². The number of rotatable bonds is 3. The van der Waals surface area contributed by atoms with E-state index in [9.17, 15) is 4.39 Å². The van der Waals surface area contributed by atoms with Crippen molar-refractivity contribution in [3.8, 4) is 17.1 Å². The van der Waals surface area contributed by atoms with Crippen LogP contribution in [-0.4, -0.2) is 41.4 Å². The topological polar surface area (TPSA) is 80.1 Å². The van der Waals surface area contributed by atoms with Crippen molar-refractivity contribution in [3.05, 3.63) is 24.0 Å². The number of aromatic amines is 1. The molecule has 1 saturated heterocycles. The zero-order chi connectivity index (χ0) is 14.1. The predicted molar refractivity (Wildman–Crippen MR) is 73.1 cm³/mol. The minimum absolute atomic E-state index is 0.148. The fourth-order valence-corrected chi connectivity index (χ4v) is 2.30. The first kappa shape index (κ1) is 12.9. The van der Waals surface area contributed by atoms with Crippen molar-refractivity contribution < 1.29 is 9.13 Å². The van der Waals surface area contributed by atoms with Gasteiger partial charge in [-0.25, -0.2) is 4.39 Å². The highest BCUT2D eigenvalue weighted by molar-refractivity contribution is 5.58. The summed E-state index contributed by atoms with van der Waals surface area (Å²) in [4.78, 5) is 6.33. The highest BCUT2D eigenvalue weighted by Gasteiger charge is 2.23. The van der Waals surface area contributed by atoms with Crippen molar-refractivity contribution in [1.82, 2.24) is 15.2 Å². The molecule has 3 N–H and O–H groups in total. The summed E-state index contributed by atoms with van der Waals surface area (Å²) >= 11 is 0. The lowest BCUT2D eigenvalue weighted by molar-refractivity contribution is 0.411. The van der Waals surface area contributed by atoms with E-state index in [0.717, 1.165) is 19.5 Å². The summed E-state index contributed by atoms with van der Waals surface area (Å²) < 4.78 is 18.9. The molecule has 0 bridgehead atoms. The summed E-state index contributed by atoms with van der Waals surface area (Å²) in [5.41, 5.74) is 6.22. The molecule has 2 aromatic rings. The minimum atomic E-state index is -0.398. The second-order valence-electron chi connectivity index (χ2n) is 4.82. The van der Waals surface area contributed by atoms with Gasteiger partial charge in [-0.2, -0.15) is 4.98 Å². The van der Waals surface area contributed by atoms with E-state index in [2.05, 4.69) is 15.2 Å². The molecule has 1 aromatic heterocycles. The molecule has 0 amide bonds.